The Morgan fingerprint density at radius 2 is 2.15 bits per heavy atom. The maximum Gasteiger partial charge on any atom is 0.124 e. The van der Waals surface area contributed by atoms with Crippen LogP contribution in [0.15, 0.2) is 35.0 Å². The molecule has 4 heteroatoms. The standard InChI is InChI=1S/C16H16FNOS/c1-18(10-13-6-8-20-12-13)11-15-4-5-16(17)9-14(15)3-2-7-19/h4-6,8-9,12,19H,7,10-11H2,1H3. The van der Waals surface area contributed by atoms with E-state index in [0.717, 1.165) is 12.1 Å². The highest BCUT2D eigenvalue weighted by Crippen LogP contribution is 2.15. The quantitative estimate of drug-likeness (QED) is 0.875. The molecule has 0 aliphatic carbocycles. The third-order valence-corrected chi connectivity index (χ3v) is 3.58. The maximum atomic E-state index is 13.3. The van der Waals surface area contributed by atoms with Crippen molar-refractivity contribution in [2.45, 2.75) is 13.1 Å². The minimum Gasteiger partial charge on any atom is -0.384 e. The second-order valence-corrected chi connectivity index (χ2v) is 5.35. The van der Waals surface area contributed by atoms with Gasteiger partial charge in [-0.2, -0.15) is 11.3 Å². The number of aliphatic hydroxyl groups excluding tert-OH is 1. The fraction of sp³-hybridized carbons (Fsp3) is 0.250. The molecule has 0 amide bonds. The normalized spacial score (nSPS) is 10.4. The van der Waals surface area contributed by atoms with E-state index in [4.69, 9.17) is 5.11 Å². The zero-order chi connectivity index (χ0) is 14.4. The Morgan fingerprint density at radius 3 is 2.85 bits per heavy atom. The van der Waals surface area contributed by atoms with E-state index in [-0.39, 0.29) is 12.4 Å². The van der Waals surface area contributed by atoms with Crippen LogP contribution in [0.1, 0.15) is 16.7 Å². The molecule has 0 bridgehead atoms. The van der Waals surface area contributed by atoms with Crippen LogP contribution >= 0.6 is 11.3 Å². The van der Waals surface area contributed by atoms with Crippen LogP contribution in [0.2, 0.25) is 0 Å². The maximum absolute atomic E-state index is 13.3. The van der Waals surface area contributed by atoms with Crippen molar-refractivity contribution < 1.29 is 9.50 Å². The van der Waals surface area contributed by atoms with Crippen LogP contribution in [0, 0.1) is 17.7 Å². The van der Waals surface area contributed by atoms with Gasteiger partial charge in [0.05, 0.1) is 0 Å². The van der Waals surface area contributed by atoms with Crippen molar-refractivity contribution in [2.75, 3.05) is 13.7 Å². The van der Waals surface area contributed by atoms with Crippen LogP contribution < -0.4 is 0 Å². The monoisotopic (exact) mass is 289 g/mol. The molecule has 2 aromatic rings. The number of hydrogen-bond acceptors (Lipinski definition) is 3. The molecule has 0 aliphatic heterocycles. The molecule has 0 aliphatic rings. The molecule has 0 unspecified atom stereocenters. The Morgan fingerprint density at radius 1 is 1.30 bits per heavy atom. The molecule has 1 aromatic carbocycles. The summed E-state index contributed by atoms with van der Waals surface area (Å²) in [4.78, 5) is 2.15. The molecule has 1 N–H and O–H groups in total. The Bertz CT molecular complexity index is 613. The predicted molar refractivity (Wildman–Crippen MR) is 79.9 cm³/mol. The van der Waals surface area contributed by atoms with E-state index in [1.54, 1.807) is 17.4 Å². The van der Waals surface area contributed by atoms with Gasteiger partial charge in [-0.15, -0.1) is 0 Å². The smallest absolute Gasteiger partial charge is 0.124 e. The summed E-state index contributed by atoms with van der Waals surface area (Å²) in [7, 11) is 2.02. The lowest BCUT2D eigenvalue weighted by molar-refractivity contribution is 0.319. The SMILES string of the molecule is CN(Cc1ccsc1)Cc1ccc(F)cc1C#CCO. The van der Waals surface area contributed by atoms with Crippen LogP contribution in [-0.2, 0) is 13.1 Å². The third-order valence-electron chi connectivity index (χ3n) is 2.85. The van der Waals surface area contributed by atoms with Crippen LogP contribution in [0.5, 0.6) is 0 Å². The van der Waals surface area contributed by atoms with Crippen LogP contribution in [0.3, 0.4) is 0 Å². The minimum absolute atomic E-state index is 0.222. The highest BCUT2D eigenvalue weighted by atomic mass is 32.1. The molecule has 2 nitrogen and oxygen atoms in total. The summed E-state index contributed by atoms with van der Waals surface area (Å²) in [5.41, 5.74) is 2.86. The van der Waals surface area contributed by atoms with Gasteiger partial charge in [0, 0.05) is 18.7 Å². The Kier molecular flexibility index (Phi) is 5.31. The highest BCUT2D eigenvalue weighted by molar-refractivity contribution is 7.07. The number of rotatable bonds is 4. The molecule has 20 heavy (non-hydrogen) atoms. The lowest BCUT2D eigenvalue weighted by Crippen LogP contribution is -2.17. The van der Waals surface area contributed by atoms with Gasteiger partial charge in [0.2, 0.25) is 0 Å². The topological polar surface area (TPSA) is 23.5 Å². The third kappa shape index (κ3) is 4.17. The van der Waals surface area contributed by atoms with E-state index in [2.05, 4.69) is 33.6 Å². The fourth-order valence-electron chi connectivity index (χ4n) is 1.98. The largest absolute Gasteiger partial charge is 0.384 e. The second-order valence-electron chi connectivity index (χ2n) is 4.57. The first kappa shape index (κ1) is 14.7. The van der Waals surface area contributed by atoms with Gasteiger partial charge < -0.3 is 5.11 Å². The van der Waals surface area contributed by atoms with E-state index < -0.39 is 0 Å². The molecule has 2 rings (SSSR count). The molecule has 0 fully saturated rings. The van der Waals surface area contributed by atoms with Crippen LogP contribution in [0.4, 0.5) is 4.39 Å². The summed E-state index contributed by atoms with van der Waals surface area (Å²) in [6, 6.07) is 6.70. The Balaban J connectivity index is 2.11. The lowest BCUT2D eigenvalue weighted by atomic mass is 10.1. The van der Waals surface area contributed by atoms with Crippen molar-refractivity contribution in [3.8, 4) is 11.8 Å². The summed E-state index contributed by atoms with van der Waals surface area (Å²) in [6.45, 7) is 1.31. The van der Waals surface area contributed by atoms with Gasteiger partial charge in [-0.05, 0) is 47.1 Å². The first-order valence-electron chi connectivity index (χ1n) is 6.27. The van der Waals surface area contributed by atoms with Crippen molar-refractivity contribution in [1.82, 2.24) is 4.90 Å². The van der Waals surface area contributed by atoms with Gasteiger partial charge in [-0.25, -0.2) is 4.39 Å². The average Bonchev–Trinajstić information content (AvgIpc) is 2.91. The van der Waals surface area contributed by atoms with Crippen molar-refractivity contribution in [3.63, 3.8) is 0 Å². The van der Waals surface area contributed by atoms with Gasteiger partial charge in [0.1, 0.15) is 12.4 Å². The second kappa shape index (κ2) is 7.20. The molecule has 0 atom stereocenters. The van der Waals surface area contributed by atoms with Crippen LogP contribution in [-0.4, -0.2) is 23.7 Å². The molecule has 0 radical (unpaired) electrons. The van der Waals surface area contributed by atoms with Gasteiger partial charge in [0.25, 0.3) is 0 Å². The van der Waals surface area contributed by atoms with Crippen molar-refractivity contribution >= 4 is 11.3 Å². The first-order valence-corrected chi connectivity index (χ1v) is 7.21. The average molecular weight is 289 g/mol. The predicted octanol–water partition coefficient (Wildman–Crippen LogP) is 2.86. The van der Waals surface area contributed by atoms with E-state index in [9.17, 15) is 4.39 Å². The zero-order valence-electron chi connectivity index (χ0n) is 11.3. The van der Waals surface area contributed by atoms with Gasteiger partial charge in [-0.3, -0.25) is 4.90 Å². The number of aliphatic hydroxyl groups is 1. The molecule has 1 heterocycles. The van der Waals surface area contributed by atoms with Gasteiger partial charge in [-0.1, -0.05) is 17.9 Å². The minimum atomic E-state index is -0.309. The van der Waals surface area contributed by atoms with Crippen LogP contribution in [0.25, 0.3) is 0 Å². The fourth-order valence-corrected chi connectivity index (χ4v) is 2.64. The van der Waals surface area contributed by atoms with Crippen molar-refractivity contribution in [2.24, 2.45) is 0 Å². The molecule has 0 saturated heterocycles. The summed E-state index contributed by atoms with van der Waals surface area (Å²) < 4.78 is 13.3. The Hall–Kier alpha value is -1.67. The summed E-state index contributed by atoms with van der Waals surface area (Å²) in [5, 5.41) is 12.9. The number of nitrogens with zero attached hydrogens (tertiary/aromatic N) is 1. The lowest BCUT2D eigenvalue weighted by Gasteiger charge is -2.17. The molecule has 104 valence electrons. The molecular formula is C16H16FNOS. The number of benzene rings is 1. The summed E-state index contributed by atoms with van der Waals surface area (Å²) >= 11 is 1.68. The molecule has 1 aromatic heterocycles. The number of hydrogen-bond donors (Lipinski definition) is 1. The summed E-state index contributed by atoms with van der Waals surface area (Å²) in [6.07, 6.45) is 0. The molecule has 0 saturated carbocycles. The Labute approximate surface area is 122 Å². The van der Waals surface area contributed by atoms with E-state index in [0.29, 0.717) is 12.1 Å². The summed E-state index contributed by atoms with van der Waals surface area (Å²) in [5.74, 6) is 5.07. The van der Waals surface area contributed by atoms with E-state index >= 15 is 0 Å². The zero-order valence-corrected chi connectivity index (χ0v) is 12.1. The first-order chi connectivity index (χ1) is 9.69. The number of thiophene rings is 1. The number of halogens is 1. The van der Waals surface area contributed by atoms with E-state index in [1.807, 2.05) is 7.05 Å². The molecule has 0 spiro atoms. The van der Waals surface area contributed by atoms with E-state index in [1.165, 1.54) is 17.7 Å². The van der Waals surface area contributed by atoms with Gasteiger partial charge in [0.15, 0.2) is 0 Å². The van der Waals surface area contributed by atoms with Gasteiger partial charge >= 0.3 is 0 Å². The van der Waals surface area contributed by atoms with Crippen molar-refractivity contribution in [1.29, 1.82) is 0 Å². The highest BCUT2D eigenvalue weighted by Gasteiger charge is 2.07. The van der Waals surface area contributed by atoms with Crippen molar-refractivity contribution in [3.05, 3.63) is 57.5 Å². The molecular weight excluding hydrogens is 273 g/mol.